The van der Waals surface area contributed by atoms with Crippen LogP contribution in [0.5, 0.6) is 0 Å². The summed E-state index contributed by atoms with van der Waals surface area (Å²) >= 11 is 0. The Kier molecular flexibility index (Phi) is 5.25. The van der Waals surface area contributed by atoms with Crippen molar-refractivity contribution in [3.63, 3.8) is 0 Å². The van der Waals surface area contributed by atoms with Crippen molar-refractivity contribution in [2.45, 2.75) is 38.6 Å². The number of fused-ring (bicyclic) bond motifs is 1. The van der Waals surface area contributed by atoms with Crippen molar-refractivity contribution < 1.29 is 23.9 Å². The van der Waals surface area contributed by atoms with Crippen LogP contribution in [0.4, 0.5) is 5.82 Å². The molecular formula is C17H20N6O5. The summed E-state index contributed by atoms with van der Waals surface area (Å²) in [7, 11) is 0. The van der Waals surface area contributed by atoms with Gasteiger partial charge < -0.3 is 20.1 Å². The SMILES string of the molecule is C=CC(=O)N1[C@H](COC(C)=O)[C@@H](OC(C)=O)C[C@@H]1n1cnc2c(N)ncnc21. The Hall–Kier alpha value is -3.50. The molecule has 1 aliphatic rings. The second kappa shape index (κ2) is 7.62. The molecule has 2 aromatic heterocycles. The van der Waals surface area contributed by atoms with Crippen LogP contribution in [0.25, 0.3) is 11.2 Å². The largest absolute Gasteiger partial charge is 0.464 e. The van der Waals surface area contributed by atoms with Gasteiger partial charge >= 0.3 is 11.9 Å². The first kappa shape index (κ1) is 19.3. The van der Waals surface area contributed by atoms with Crippen LogP contribution in [-0.2, 0) is 23.9 Å². The van der Waals surface area contributed by atoms with Gasteiger partial charge in [-0.25, -0.2) is 15.0 Å². The van der Waals surface area contributed by atoms with Crippen LogP contribution in [0, 0.1) is 0 Å². The van der Waals surface area contributed by atoms with Crippen LogP contribution in [0.1, 0.15) is 26.4 Å². The number of hydrogen-bond donors (Lipinski definition) is 1. The Morgan fingerprint density at radius 2 is 2.04 bits per heavy atom. The number of nitrogens with two attached hydrogens (primary N) is 1. The van der Waals surface area contributed by atoms with Gasteiger partial charge in [-0.15, -0.1) is 0 Å². The number of anilines is 1. The number of amides is 1. The second-order valence-corrected chi connectivity index (χ2v) is 6.27. The van der Waals surface area contributed by atoms with Crippen molar-refractivity contribution in [3.05, 3.63) is 25.3 Å². The smallest absolute Gasteiger partial charge is 0.302 e. The predicted octanol–water partition coefficient (Wildman–Crippen LogP) is 0.189. The number of hydrogen-bond acceptors (Lipinski definition) is 9. The molecule has 0 spiro atoms. The molecular weight excluding hydrogens is 368 g/mol. The zero-order chi connectivity index (χ0) is 20.4. The summed E-state index contributed by atoms with van der Waals surface area (Å²) in [4.78, 5) is 49.3. The monoisotopic (exact) mass is 388 g/mol. The van der Waals surface area contributed by atoms with Crippen LogP contribution in [0.15, 0.2) is 25.3 Å². The van der Waals surface area contributed by atoms with E-state index in [1.807, 2.05) is 0 Å². The summed E-state index contributed by atoms with van der Waals surface area (Å²) < 4.78 is 12.2. The normalized spacial score (nSPS) is 21.5. The van der Waals surface area contributed by atoms with Gasteiger partial charge in [-0.1, -0.05) is 6.58 Å². The number of carbonyl (C=O) groups is 3. The van der Waals surface area contributed by atoms with Gasteiger partial charge in [-0.3, -0.25) is 19.0 Å². The minimum absolute atomic E-state index is 0.132. The van der Waals surface area contributed by atoms with Gasteiger partial charge in [0.2, 0.25) is 5.91 Å². The number of esters is 2. The summed E-state index contributed by atoms with van der Waals surface area (Å²) in [5, 5.41) is 0. The first-order chi connectivity index (χ1) is 13.3. The third-order valence-electron chi connectivity index (χ3n) is 4.46. The van der Waals surface area contributed by atoms with Crippen molar-refractivity contribution in [2.24, 2.45) is 0 Å². The maximum Gasteiger partial charge on any atom is 0.302 e. The Balaban J connectivity index is 2.05. The maximum atomic E-state index is 12.6. The number of rotatable bonds is 5. The Labute approximate surface area is 160 Å². The van der Waals surface area contributed by atoms with Crippen LogP contribution in [-0.4, -0.2) is 61.0 Å². The predicted molar refractivity (Wildman–Crippen MR) is 96.4 cm³/mol. The highest BCUT2D eigenvalue weighted by atomic mass is 16.6. The van der Waals surface area contributed by atoms with Crippen molar-refractivity contribution >= 4 is 34.8 Å². The van der Waals surface area contributed by atoms with Crippen LogP contribution in [0.2, 0.25) is 0 Å². The lowest BCUT2D eigenvalue weighted by Crippen LogP contribution is -2.45. The molecule has 2 N–H and O–H groups in total. The van der Waals surface area contributed by atoms with E-state index < -0.39 is 36.2 Å². The summed E-state index contributed by atoms with van der Waals surface area (Å²) in [5.74, 6) is -1.23. The molecule has 1 aliphatic heterocycles. The number of nitrogen functional groups attached to an aromatic ring is 1. The van der Waals surface area contributed by atoms with E-state index in [0.29, 0.717) is 11.2 Å². The number of imidazole rings is 1. The highest BCUT2D eigenvalue weighted by Gasteiger charge is 2.47. The molecule has 0 radical (unpaired) electrons. The van der Waals surface area contributed by atoms with E-state index in [-0.39, 0.29) is 18.8 Å². The fourth-order valence-electron chi connectivity index (χ4n) is 3.36. The van der Waals surface area contributed by atoms with Gasteiger partial charge in [0.15, 0.2) is 11.5 Å². The van der Waals surface area contributed by atoms with Gasteiger partial charge in [0.25, 0.3) is 0 Å². The minimum Gasteiger partial charge on any atom is -0.464 e. The third-order valence-corrected chi connectivity index (χ3v) is 4.46. The Bertz CT molecular complexity index is 941. The molecule has 0 bridgehead atoms. The Morgan fingerprint density at radius 1 is 1.29 bits per heavy atom. The quantitative estimate of drug-likeness (QED) is 0.561. The van der Waals surface area contributed by atoms with Gasteiger partial charge in [0.05, 0.1) is 6.33 Å². The molecule has 3 atom stereocenters. The number of carbonyl (C=O) groups excluding carboxylic acids is 3. The highest BCUT2D eigenvalue weighted by molar-refractivity contribution is 5.88. The second-order valence-electron chi connectivity index (χ2n) is 6.27. The van der Waals surface area contributed by atoms with Crippen LogP contribution >= 0.6 is 0 Å². The van der Waals surface area contributed by atoms with Crippen LogP contribution < -0.4 is 5.73 Å². The Morgan fingerprint density at radius 3 is 2.68 bits per heavy atom. The number of aromatic nitrogens is 4. The van der Waals surface area contributed by atoms with E-state index in [4.69, 9.17) is 15.2 Å². The minimum atomic E-state index is -0.695. The molecule has 0 aliphatic carbocycles. The zero-order valence-electron chi connectivity index (χ0n) is 15.4. The van der Waals surface area contributed by atoms with E-state index in [2.05, 4.69) is 21.5 Å². The van der Waals surface area contributed by atoms with Crippen LogP contribution in [0.3, 0.4) is 0 Å². The van der Waals surface area contributed by atoms with Gasteiger partial charge in [-0.05, 0) is 6.08 Å². The molecule has 3 heterocycles. The van der Waals surface area contributed by atoms with E-state index in [1.54, 1.807) is 4.57 Å². The van der Waals surface area contributed by atoms with E-state index in [0.717, 1.165) is 6.08 Å². The van der Waals surface area contributed by atoms with Gasteiger partial charge in [0.1, 0.15) is 36.8 Å². The van der Waals surface area contributed by atoms with Crippen molar-refractivity contribution in [3.8, 4) is 0 Å². The lowest BCUT2D eigenvalue weighted by molar-refractivity contribution is -0.153. The average molecular weight is 388 g/mol. The summed E-state index contributed by atoms with van der Waals surface area (Å²) in [6.45, 7) is 5.94. The first-order valence-electron chi connectivity index (χ1n) is 8.51. The molecule has 11 nitrogen and oxygen atoms in total. The molecule has 2 aromatic rings. The molecule has 28 heavy (non-hydrogen) atoms. The average Bonchev–Trinajstić information content (AvgIpc) is 3.21. The first-order valence-corrected chi connectivity index (χ1v) is 8.51. The zero-order valence-corrected chi connectivity index (χ0v) is 15.4. The number of ether oxygens (including phenoxy) is 2. The fraction of sp³-hybridized carbons (Fsp3) is 0.412. The van der Waals surface area contributed by atoms with Crippen molar-refractivity contribution in [1.29, 1.82) is 0 Å². The molecule has 0 saturated carbocycles. The molecule has 0 unspecified atom stereocenters. The number of nitrogens with zero attached hydrogens (tertiary/aromatic N) is 5. The standard InChI is InChI=1S/C17H20N6O5/c1-4-14(26)23-11(6-27-9(2)24)12(28-10(3)25)5-13(23)22-8-21-15-16(18)19-7-20-17(15)22/h4,7-8,11-13H,1,5-6H2,2-3H3,(H2,18,19,20)/t11-,12+,13-/m1/s1. The van der Waals surface area contributed by atoms with E-state index >= 15 is 0 Å². The lowest BCUT2D eigenvalue weighted by atomic mass is 10.1. The maximum absolute atomic E-state index is 12.6. The van der Waals surface area contributed by atoms with Crippen molar-refractivity contribution in [2.75, 3.05) is 12.3 Å². The lowest BCUT2D eigenvalue weighted by Gasteiger charge is -2.30. The highest BCUT2D eigenvalue weighted by Crippen LogP contribution is 2.36. The molecule has 11 heteroatoms. The molecule has 148 valence electrons. The molecule has 1 fully saturated rings. The van der Waals surface area contributed by atoms with Gasteiger partial charge in [-0.2, -0.15) is 0 Å². The van der Waals surface area contributed by atoms with Gasteiger partial charge in [0, 0.05) is 20.3 Å². The summed E-state index contributed by atoms with van der Waals surface area (Å²) in [6.07, 6.45) is 2.89. The number of likely N-dealkylation sites (tertiary alicyclic amines) is 1. The van der Waals surface area contributed by atoms with Crippen molar-refractivity contribution in [1.82, 2.24) is 24.4 Å². The van der Waals surface area contributed by atoms with E-state index in [1.165, 1.54) is 31.4 Å². The molecule has 0 aromatic carbocycles. The summed E-state index contributed by atoms with van der Waals surface area (Å²) in [5.41, 5.74) is 6.65. The van der Waals surface area contributed by atoms with E-state index in [9.17, 15) is 14.4 Å². The summed E-state index contributed by atoms with van der Waals surface area (Å²) in [6, 6.07) is -0.695. The topological polar surface area (TPSA) is 143 Å². The molecule has 1 amide bonds. The fourth-order valence-corrected chi connectivity index (χ4v) is 3.36. The molecule has 1 saturated heterocycles. The molecule has 3 rings (SSSR count). The third kappa shape index (κ3) is 3.50.